The Balaban J connectivity index is 2.98. The molecule has 1 aromatic rings. The molecular weight excluding hydrogens is 283 g/mol. The minimum atomic E-state index is -1.49. The topological polar surface area (TPSA) is 94.7 Å². The molecule has 0 fully saturated rings. The normalized spacial score (nSPS) is 11.7. The lowest BCUT2D eigenvalue weighted by Gasteiger charge is -2.28. The number of hydrogen-bond donors (Lipinski definition) is 4. The highest BCUT2D eigenvalue weighted by Crippen LogP contribution is 2.25. The molecule has 8 heteroatoms. The van der Waals surface area contributed by atoms with Gasteiger partial charge in [-0.3, -0.25) is 4.79 Å². The third-order valence-corrected chi connectivity index (χ3v) is 3.48. The van der Waals surface area contributed by atoms with Gasteiger partial charge in [0, 0.05) is 7.05 Å². The highest BCUT2D eigenvalue weighted by atomic mass is 35.5. The summed E-state index contributed by atoms with van der Waals surface area (Å²) in [6.07, 6.45) is 0. The van der Waals surface area contributed by atoms with Crippen LogP contribution in [-0.2, 0) is 7.05 Å². The Hall–Kier alpha value is -0.790. The average Bonchev–Trinajstić information content (AvgIpc) is 2.64. The molecule has 0 unspecified atom stereocenters. The van der Waals surface area contributed by atoms with Crippen molar-refractivity contribution in [2.45, 2.75) is 5.54 Å². The van der Waals surface area contributed by atoms with Gasteiger partial charge in [-0.1, -0.05) is 23.2 Å². The summed E-state index contributed by atoms with van der Waals surface area (Å²) in [4.78, 5) is 11.9. The Bertz CT molecular complexity index is 435. The second-order valence-corrected chi connectivity index (χ2v) is 4.70. The molecule has 0 saturated carbocycles. The van der Waals surface area contributed by atoms with Crippen LogP contribution in [0, 0.1) is 0 Å². The number of aromatic nitrogens is 1. The first-order chi connectivity index (χ1) is 8.40. The van der Waals surface area contributed by atoms with Crippen LogP contribution in [0.2, 0.25) is 10.2 Å². The monoisotopic (exact) mass is 296 g/mol. The van der Waals surface area contributed by atoms with Crippen LogP contribution in [0.1, 0.15) is 10.5 Å². The van der Waals surface area contributed by atoms with Crippen LogP contribution in [0.4, 0.5) is 0 Å². The molecule has 0 aliphatic rings. The SMILES string of the molecule is Cn1c(C(=O)NC(CO)(CO)CO)cc(Cl)c1Cl. The first-order valence-corrected chi connectivity index (χ1v) is 5.82. The van der Waals surface area contributed by atoms with Gasteiger partial charge in [0.1, 0.15) is 16.4 Å². The maximum Gasteiger partial charge on any atom is 0.268 e. The Morgan fingerprint density at radius 2 is 1.83 bits per heavy atom. The van der Waals surface area contributed by atoms with Crippen molar-refractivity contribution in [1.29, 1.82) is 0 Å². The lowest BCUT2D eigenvalue weighted by molar-refractivity contribution is 0.0371. The molecule has 6 nitrogen and oxygen atoms in total. The molecule has 1 heterocycles. The second-order valence-electron chi connectivity index (χ2n) is 3.94. The van der Waals surface area contributed by atoms with Gasteiger partial charge in [0.25, 0.3) is 5.91 Å². The van der Waals surface area contributed by atoms with Crippen LogP contribution in [0.25, 0.3) is 0 Å². The van der Waals surface area contributed by atoms with Gasteiger partial charge in [-0.05, 0) is 6.07 Å². The van der Waals surface area contributed by atoms with Crippen LogP contribution in [0.3, 0.4) is 0 Å². The van der Waals surface area contributed by atoms with E-state index in [0.29, 0.717) is 0 Å². The number of aliphatic hydroxyl groups is 3. The summed E-state index contributed by atoms with van der Waals surface area (Å²) in [5.41, 5.74) is -1.33. The lowest BCUT2D eigenvalue weighted by atomic mass is 10.0. The van der Waals surface area contributed by atoms with Gasteiger partial charge in [0.2, 0.25) is 0 Å². The molecule has 102 valence electrons. The van der Waals surface area contributed by atoms with E-state index in [-0.39, 0.29) is 15.9 Å². The molecule has 1 amide bonds. The van der Waals surface area contributed by atoms with Gasteiger partial charge in [0.15, 0.2) is 0 Å². The maximum atomic E-state index is 11.9. The predicted molar refractivity (Wildman–Crippen MR) is 66.9 cm³/mol. The third kappa shape index (κ3) is 2.78. The second kappa shape index (κ2) is 5.90. The summed E-state index contributed by atoms with van der Waals surface area (Å²) < 4.78 is 1.36. The van der Waals surface area contributed by atoms with E-state index in [1.165, 1.54) is 10.6 Å². The zero-order chi connectivity index (χ0) is 13.9. The van der Waals surface area contributed by atoms with Gasteiger partial charge in [-0.25, -0.2) is 0 Å². The molecule has 0 aliphatic heterocycles. The van der Waals surface area contributed by atoms with Gasteiger partial charge in [-0.2, -0.15) is 0 Å². The summed E-state index contributed by atoms with van der Waals surface area (Å²) in [6.45, 7) is -1.80. The van der Waals surface area contributed by atoms with Crippen molar-refractivity contribution in [3.8, 4) is 0 Å². The molecule has 1 rings (SSSR count). The van der Waals surface area contributed by atoms with Gasteiger partial charge < -0.3 is 25.2 Å². The van der Waals surface area contributed by atoms with Crippen LogP contribution in [0.15, 0.2) is 6.07 Å². The zero-order valence-electron chi connectivity index (χ0n) is 9.65. The summed E-state index contributed by atoms with van der Waals surface area (Å²) in [7, 11) is 1.54. The number of amides is 1. The minimum Gasteiger partial charge on any atom is -0.394 e. The number of nitrogens with zero attached hydrogens (tertiary/aromatic N) is 1. The van der Waals surface area contributed by atoms with Crippen molar-refractivity contribution in [2.24, 2.45) is 7.05 Å². The van der Waals surface area contributed by atoms with E-state index in [4.69, 9.17) is 38.5 Å². The van der Waals surface area contributed by atoms with Crippen molar-refractivity contribution >= 4 is 29.1 Å². The van der Waals surface area contributed by atoms with Gasteiger partial charge in [0.05, 0.1) is 24.8 Å². The largest absolute Gasteiger partial charge is 0.394 e. The molecule has 0 saturated heterocycles. The van der Waals surface area contributed by atoms with Crippen LogP contribution >= 0.6 is 23.2 Å². The number of carbonyl (C=O) groups is 1. The van der Waals surface area contributed by atoms with E-state index < -0.39 is 31.3 Å². The molecule has 0 spiro atoms. The standard InChI is InChI=1S/C10H14Cl2N2O4/c1-14-7(2-6(11)8(14)12)9(18)13-10(3-15,4-16)5-17/h2,15-17H,3-5H2,1H3,(H,13,18). The number of aliphatic hydroxyl groups excluding tert-OH is 3. The fraction of sp³-hybridized carbons (Fsp3) is 0.500. The van der Waals surface area contributed by atoms with Gasteiger partial charge in [-0.15, -0.1) is 0 Å². The highest BCUT2D eigenvalue weighted by molar-refractivity contribution is 6.41. The molecule has 4 N–H and O–H groups in total. The number of hydrogen-bond acceptors (Lipinski definition) is 4. The van der Waals surface area contributed by atoms with Crippen LogP contribution in [-0.4, -0.2) is 51.2 Å². The number of rotatable bonds is 5. The van der Waals surface area contributed by atoms with Crippen molar-refractivity contribution in [1.82, 2.24) is 9.88 Å². The van der Waals surface area contributed by atoms with E-state index in [1.54, 1.807) is 7.05 Å². The summed E-state index contributed by atoms with van der Waals surface area (Å²) in [5, 5.41) is 30.1. The average molecular weight is 297 g/mol. The Morgan fingerprint density at radius 1 is 1.33 bits per heavy atom. The Labute approximate surface area is 114 Å². The van der Waals surface area contributed by atoms with Crippen molar-refractivity contribution in [3.63, 3.8) is 0 Å². The number of halogens is 2. The fourth-order valence-corrected chi connectivity index (χ4v) is 1.71. The number of carbonyl (C=O) groups excluding carboxylic acids is 1. The predicted octanol–water partition coefficient (Wildman–Crippen LogP) is -0.223. The highest BCUT2D eigenvalue weighted by Gasteiger charge is 2.31. The molecule has 1 aromatic heterocycles. The van der Waals surface area contributed by atoms with E-state index in [0.717, 1.165) is 0 Å². The lowest BCUT2D eigenvalue weighted by Crippen LogP contribution is -2.57. The molecular formula is C10H14Cl2N2O4. The molecule has 18 heavy (non-hydrogen) atoms. The van der Waals surface area contributed by atoms with Crippen molar-refractivity contribution in [2.75, 3.05) is 19.8 Å². The summed E-state index contributed by atoms with van der Waals surface area (Å²) in [5.74, 6) is -0.608. The van der Waals surface area contributed by atoms with Crippen molar-refractivity contribution in [3.05, 3.63) is 21.9 Å². The van der Waals surface area contributed by atoms with E-state index in [2.05, 4.69) is 5.32 Å². The third-order valence-electron chi connectivity index (χ3n) is 2.64. The first kappa shape index (κ1) is 15.3. The van der Waals surface area contributed by atoms with E-state index in [1.807, 2.05) is 0 Å². The quantitative estimate of drug-likeness (QED) is 0.604. The summed E-state index contributed by atoms with van der Waals surface area (Å²) >= 11 is 11.6. The Kier molecular flexibility index (Phi) is 5.01. The molecule has 0 bridgehead atoms. The smallest absolute Gasteiger partial charge is 0.268 e. The maximum absolute atomic E-state index is 11.9. The Morgan fingerprint density at radius 3 is 2.17 bits per heavy atom. The van der Waals surface area contributed by atoms with Crippen LogP contribution in [0.5, 0.6) is 0 Å². The number of nitrogens with one attached hydrogen (secondary N) is 1. The van der Waals surface area contributed by atoms with Crippen molar-refractivity contribution < 1.29 is 20.1 Å². The van der Waals surface area contributed by atoms with E-state index in [9.17, 15) is 4.79 Å². The molecule has 0 radical (unpaired) electrons. The fourth-order valence-electron chi connectivity index (χ4n) is 1.33. The zero-order valence-corrected chi connectivity index (χ0v) is 11.2. The summed E-state index contributed by atoms with van der Waals surface area (Å²) in [6, 6.07) is 1.36. The van der Waals surface area contributed by atoms with Gasteiger partial charge >= 0.3 is 0 Å². The molecule has 0 atom stereocenters. The molecule has 0 aromatic carbocycles. The van der Waals surface area contributed by atoms with Crippen LogP contribution < -0.4 is 5.32 Å². The first-order valence-electron chi connectivity index (χ1n) is 5.06. The minimum absolute atomic E-state index is 0.157. The molecule has 0 aliphatic carbocycles. The van der Waals surface area contributed by atoms with E-state index >= 15 is 0 Å².